The van der Waals surface area contributed by atoms with Gasteiger partial charge in [0.1, 0.15) is 0 Å². The fourth-order valence-corrected chi connectivity index (χ4v) is 2.18. The maximum absolute atomic E-state index is 11.0. The summed E-state index contributed by atoms with van der Waals surface area (Å²) in [6.45, 7) is 6.33. The number of hydrogen-bond acceptors (Lipinski definition) is 3. The highest BCUT2D eigenvalue weighted by Crippen LogP contribution is 2.48. The zero-order chi connectivity index (χ0) is 13.3. The van der Waals surface area contributed by atoms with Crippen molar-refractivity contribution in [2.24, 2.45) is 5.41 Å². The Kier molecular flexibility index (Phi) is 3.28. The zero-order valence-electron chi connectivity index (χ0n) is 11.2. The van der Waals surface area contributed by atoms with Crippen LogP contribution < -0.4 is 5.32 Å². The summed E-state index contributed by atoms with van der Waals surface area (Å²) in [5, 5.41) is 14.4. The van der Waals surface area contributed by atoms with Crippen LogP contribution in [0.4, 0.5) is 11.4 Å². The number of nitro groups is 1. The molecule has 0 bridgehead atoms. The van der Waals surface area contributed by atoms with E-state index in [2.05, 4.69) is 19.2 Å². The summed E-state index contributed by atoms with van der Waals surface area (Å²) in [7, 11) is 0. The monoisotopic (exact) mass is 248 g/mol. The van der Waals surface area contributed by atoms with Gasteiger partial charge in [-0.2, -0.15) is 0 Å². The van der Waals surface area contributed by atoms with Crippen LogP contribution in [-0.2, 0) is 6.42 Å². The second-order valence-electron chi connectivity index (χ2n) is 5.47. The van der Waals surface area contributed by atoms with Gasteiger partial charge >= 0.3 is 0 Å². The molecule has 0 spiro atoms. The standard InChI is InChI=1S/C14H20N2O2/c1-4-11-5-6-12(9-13(11)16(17)18)15-10(2)14(3)7-8-14/h5-6,9-10,15H,4,7-8H2,1-3H3. The van der Waals surface area contributed by atoms with Gasteiger partial charge in [-0.15, -0.1) is 0 Å². The van der Waals surface area contributed by atoms with Crippen molar-refractivity contribution in [1.82, 2.24) is 0 Å². The van der Waals surface area contributed by atoms with Crippen LogP contribution in [0.15, 0.2) is 18.2 Å². The van der Waals surface area contributed by atoms with Crippen LogP contribution in [0.2, 0.25) is 0 Å². The molecule has 0 amide bonds. The molecule has 0 aliphatic heterocycles. The number of aryl methyl sites for hydroxylation is 1. The summed E-state index contributed by atoms with van der Waals surface area (Å²) in [5.74, 6) is 0. The average Bonchev–Trinajstić information content (AvgIpc) is 3.08. The number of anilines is 1. The maximum Gasteiger partial charge on any atom is 0.274 e. The highest BCUT2D eigenvalue weighted by Gasteiger charge is 2.42. The smallest absolute Gasteiger partial charge is 0.274 e. The summed E-state index contributed by atoms with van der Waals surface area (Å²) in [4.78, 5) is 10.7. The Labute approximate surface area is 108 Å². The predicted octanol–water partition coefficient (Wildman–Crippen LogP) is 3.76. The fourth-order valence-electron chi connectivity index (χ4n) is 2.18. The lowest BCUT2D eigenvalue weighted by atomic mass is 10.0. The lowest BCUT2D eigenvalue weighted by Gasteiger charge is -2.21. The normalized spacial score (nSPS) is 18.2. The molecule has 1 aliphatic carbocycles. The van der Waals surface area contributed by atoms with E-state index in [0.29, 0.717) is 17.9 Å². The Morgan fingerprint density at radius 3 is 2.67 bits per heavy atom. The average molecular weight is 248 g/mol. The van der Waals surface area contributed by atoms with Gasteiger partial charge in [0.2, 0.25) is 0 Å². The van der Waals surface area contributed by atoms with Crippen LogP contribution >= 0.6 is 0 Å². The van der Waals surface area contributed by atoms with Crippen LogP contribution in [-0.4, -0.2) is 11.0 Å². The van der Waals surface area contributed by atoms with E-state index in [1.54, 1.807) is 6.07 Å². The van der Waals surface area contributed by atoms with Gasteiger partial charge in [0.05, 0.1) is 4.92 Å². The Balaban J connectivity index is 2.19. The molecule has 0 radical (unpaired) electrons. The van der Waals surface area contributed by atoms with Gasteiger partial charge in [-0.3, -0.25) is 10.1 Å². The van der Waals surface area contributed by atoms with Gasteiger partial charge in [-0.25, -0.2) is 0 Å². The Morgan fingerprint density at radius 1 is 1.50 bits per heavy atom. The number of rotatable bonds is 5. The third-order valence-corrected chi connectivity index (χ3v) is 4.13. The van der Waals surface area contributed by atoms with Crippen LogP contribution in [0.25, 0.3) is 0 Å². The second kappa shape index (κ2) is 4.59. The molecule has 98 valence electrons. The molecule has 1 fully saturated rings. The highest BCUT2D eigenvalue weighted by atomic mass is 16.6. The van der Waals surface area contributed by atoms with Gasteiger partial charge in [0.25, 0.3) is 5.69 Å². The van der Waals surface area contributed by atoms with E-state index in [1.807, 2.05) is 19.1 Å². The summed E-state index contributed by atoms with van der Waals surface area (Å²) >= 11 is 0. The van der Waals surface area contributed by atoms with E-state index < -0.39 is 0 Å². The van der Waals surface area contributed by atoms with Crippen molar-refractivity contribution in [2.45, 2.75) is 46.1 Å². The first kappa shape index (κ1) is 12.9. The zero-order valence-corrected chi connectivity index (χ0v) is 11.2. The Hall–Kier alpha value is -1.58. The quantitative estimate of drug-likeness (QED) is 0.637. The molecular formula is C14H20N2O2. The van der Waals surface area contributed by atoms with E-state index in [0.717, 1.165) is 11.3 Å². The van der Waals surface area contributed by atoms with Crippen molar-refractivity contribution in [1.29, 1.82) is 0 Å². The molecule has 0 aromatic heterocycles. The Bertz CT molecular complexity index is 467. The van der Waals surface area contributed by atoms with E-state index in [4.69, 9.17) is 0 Å². The first-order valence-electron chi connectivity index (χ1n) is 6.50. The van der Waals surface area contributed by atoms with Crippen molar-refractivity contribution in [3.05, 3.63) is 33.9 Å². The first-order chi connectivity index (χ1) is 8.46. The van der Waals surface area contributed by atoms with Crippen molar-refractivity contribution < 1.29 is 4.92 Å². The van der Waals surface area contributed by atoms with E-state index in [1.165, 1.54) is 12.8 Å². The SMILES string of the molecule is CCc1ccc(NC(C)C2(C)CC2)cc1[N+](=O)[O-]. The largest absolute Gasteiger partial charge is 0.382 e. The third kappa shape index (κ3) is 2.47. The number of nitrogens with one attached hydrogen (secondary N) is 1. The number of benzene rings is 1. The minimum atomic E-state index is -0.298. The van der Waals surface area contributed by atoms with Gasteiger partial charge in [0.15, 0.2) is 0 Å². The van der Waals surface area contributed by atoms with Crippen LogP contribution in [0.3, 0.4) is 0 Å². The number of hydrogen-bond donors (Lipinski definition) is 1. The summed E-state index contributed by atoms with van der Waals surface area (Å²) in [5.41, 5.74) is 2.21. The topological polar surface area (TPSA) is 55.2 Å². The van der Waals surface area contributed by atoms with Crippen molar-refractivity contribution in [2.75, 3.05) is 5.32 Å². The number of nitrogens with zero attached hydrogens (tertiary/aromatic N) is 1. The summed E-state index contributed by atoms with van der Waals surface area (Å²) in [6, 6.07) is 5.79. The molecule has 0 saturated heterocycles. The van der Waals surface area contributed by atoms with Crippen LogP contribution in [0.5, 0.6) is 0 Å². The highest BCUT2D eigenvalue weighted by molar-refractivity contribution is 5.56. The molecule has 1 unspecified atom stereocenters. The Morgan fingerprint density at radius 2 is 2.17 bits per heavy atom. The van der Waals surface area contributed by atoms with Crippen LogP contribution in [0, 0.1) is 15.5 Å². The van der Waals surface area contributed by atoms with Gasteiger partial charge in [0, 0.05) is 23.4 Å². The van der Waals surface area contributed by atoms with E-state index >= 15 is 0 Å². The minimum absolute atomic E-state index is 0.218. The van der Waals surface area contributed by atoms with Crippen molar-refractivity contribution in [3.8, 4) is 0 Å². The van der Waals surface area contributed by atoms with Gasteiger partial charge in [-0.1, -0.05) is 19.9 Å². The lowest BCUT2D eigenvalue weighted by Crippen LogP contribution is -2.24. The number of nitro benzene ring substituents is 1. The summed E-state index contributed by atoms with van der Waals surface area (Å²) in [6.07, 6.45) is 3.15. The van der Waals surface area contributed by atoms with E-state index in [9.17, 15) is 10.1 Å². The molecule has 18 heavy (non-hydrogen) atoms. The predicted molar refractivity (Wildman–Crippen MR) is 72.9 cm³/mol. The van der Waals surface area contributed by atoms with Gasteiger partial charge < -0.3 is 5.32 Å². The second-order valence-corrected chi connectivity index (χ2v) is 5.47. The first-order valence-corrected chi connectivity index (χ1v) is 6.50. The molecule has 4 heteroatoms. The van der Waals surface area contributed by atoms with Crippen LogP contribution in [0.1, 0.15) is 39.2 Å². The molecule has 4 nitrogen and oxygen atoms in total. The van der Waals surface area contributed by atoms with Crippen molar-refractivity contribution >= 4 is 11.4 Å². The van der Waals surface area contributed by atoms with Gasteiger partial charge in [-0.05, 0) is 37.7 Å². The molecule has 1 aliphatic rings. The molecule has 0 heterocycles. The molecule has 1 aromatic rings. The van der Waals surface area contributed by atoms with E-state index in [-0.39, 0.29) is 10.6 Å². The van der Waals surface area contributed by atoms with Crippen molar-refractivity contribution in [3.63, 3.8) is 0 Å². The fraction of sp³-hybridized carbons (Fsp3) is 0.571. The molecule has 1 atom stereocenters. The minimum Gasteiger partial charge on any atom is -0.382 e. The molecule has 1 saturated carbocycles. The lowest BCUT2D eigenvalue weighted by molar-refractivity contribution is -0.385. The summed E-state index contributed by atoms with van der Waals surface area (Å²) < 4.78 is 0. The molecule has 1 N–H and O–H groups in total. The molecule has 1 aromatic carbocycles. The molecular weight excluding hydrogens is 228 g/mol. The maximum atomic E-state index is 11.0. The third-order valence-electron chi connectivity index (χ3n) is 4.13. The molecule has 2 rings (SSSR count).